The minimum Gasteiger partial charge on any atom is -0.490 e. The van der Waals surface area contributed by atoms with Crippen LogP contribution in [0.1, 0.15) is 17.3 Å². The number of rotatable bonds is 3. The molecule has 21 heavy (non-hydrogen) atoms. The summed E-state index contributed by atoms with van der Waals surface area (Å²) in [6.45, 7) is 4.18. The van der Waals surface area contributed by atoms with E-state index in [0.717, 1.165) is 6.54 Å². The third kappa shape index (κ3) is 3.13. The second kappa shape index (κ2) is 6.09. The van der Waals surface area contributed by atoms with Crippen molar-refractivity contribution in [1.29, 1.82) is 0 Å². The molecule has 0 aliphatic carbocycles. The average Bonchev–Trinajstić information content (AvgIpc) is 2.48. The number of hydrogen-bond acceptors (Lipinski definition) is 5. The number of hydrogen-bond donors (Lipinski definition) is 0. The molecule has 1 aromatic carbocycles. The molecular weight excluding hydrogens is 274 g/mol. The lowest BCUT2D eigenvalue weighted by molar-refractivity contribution is -0.385. The smallest absolute Gasteiger partial charge is 0.310 e. The van der Waals surface area contributed by atoms with Crippen LogP contribution in [0.4, 0.5) is 5.69 Å². The number of methoxy groups -OCH3 is 1. The number of benzene rings is 1. The van der Waals surface area contributed by atoms with Gasteiger partial charge in [-0.2, -0.15) is 0 Å². The van der Waals surface area contributed by atoms with Gasteiger partial charge in [-0.15, -0.1) is 0 Å². The van der Waals surface area contributed by atoms with Crippen molar-refractivity contribution < 1.29 is 14.5 Å². The Balaban J connectivity index is 2.22. The number of nitro benzene ring substituents is 1. The second-order valence-corrected chi connectivity index (χ2v) is 5.22. The molecule has 1 heterocycles. The lowest BCUT2D eigenvalue weighted by Gasteiger charge is -2.37. The Morgan fingerprint density at radius 2 is 2.14 bits per heavy atom. The fraction of sp³-hybridized carbons (Fsp3) is 0.500. The fourth-order valence-corrected chi connectivity index (χ4v) is 2.38. The van der Waals surface area contributed by atoms with Gasteiger partial charge in [-0.05, 0) is 20.0 Å². The number of piperazine rings is 1. The Labute approximate surface area is 123 Å². The number of amides is 1. The van der Waals surface area contributed by atoms with Crippen molar-refractivity contribution in [2.45, 2.75) is 13.0 Å². The van der Waals surface area contributed by atoms with Crippen molar-refractivity contribution >= 4 is 11.6 Å². The van der Waals surface area contributed by atoms with E-state index in [1.54, 1.807) is 4.90 Å². The standard InChI is InChI=1S/C14H19N3O4/c1-10-9-16(7-6-15(10)2)14(18)11-4-5-12(17(19)20)13(8-11)21-3/h4-5,8,10H,6-7,9H2,1-3H3/t10-/m0/s1. The molecular formula is C14H19N3O4. The first-order chi connectivity index (χ1) is 9.93. The van der Waals surface area contributed by atoms with E-state index in [-0.39, 0.29) is 17.3 Å². The number of carbonyl (C=O) groups is 1. The van der Waals surface area contributed by atoms with Crippen LogP contribution in [0.3, 0.4) is 0 Å². The largest absolute Gasteiger partial charge is 0.490 e. The molecule has 7 heteroatoms. The van der Waals surface area contributed by atoms with E-state index in [9.17, 15) is 14.9 Å². The number of nitrogens with zero attached hydrogens (tertiary/aromatic N) is 3. The SMILES string of the molecule is COc1cc(C(=O)N2CCN(C)[C@@H](C)C2)ccc1[N+](=O)[O-]. The fourth-order valence-electron chi connectivity index (χ4n) is 2.38. The van der Waals surface area contributed by atoms with E-state index in [4.69, 9.17) is 4.74 Å². The molecule has 0 spiro atoms. The Morgan fingerprint density at radius 3 is 2.71 bits per heavy atom. The van der Waals surface area contributed by atoms with Gasteiger partial charge in [-0.1, -0.05) is 0 Å². The third-order valence-electron chi connectivity index (χ3n) is 3.87. The molecule has 0 saturated carbocycles. The van der Waals surface area contributed by atoms with Crippen LogP contribution in [0.25, 0.3) is 0 Å². The Hall–Kier alpha value is -2.15. The average molecular weight is 293 g/mol. The van der Waals surface area contributed by atoms with Crippen molar-refractivity contribution in [3.05, 3.63) is 33.9 Å². The van der Waals surface area contributed by atoms with Crippen LogP contribution in [-0.4, -0.2) is 60.5 Å². The van der Waals surface area contributed by atoms with Gasteiger partial charge in [0.05, 0.1) is 12.0 Å². The third-order valence-corrected chi connectivity index (χ3v) is 3.87. The Bertz CT molecular complexity index is 561. The van der Waals surface area contributed by atoms with Crippen LogP contribution >= 0.6 is 0 Å². The molecule has 0 unspecified atom stereocenters. The summed E-state index contributed by atoms with van der Waals surface area (Å²) in [5, 5.41) is 10.9. The van der Waals surface area contributed by atoms with Gasteiger partial charge in [0.1, 0.15) is 0 Å². The van der Waals surface area contributed by atoms with Crippen molar-refractivity contribution in [2.75, 3.05) is 33.8 Å². The quantitative estimate of drug-likeness (QED) is 0.621. The Morgan fingerprint density at radius 1 is 1.43 bits per heavy atom. The molecule has 1 aromatic rings. The summed E-state index contributed by atoms with van der Waals surface area (Å²) in [6.07, 6.45) is 0. The highest BCUT2D eigenvalue weighted by molar-refractivity contribution is 5.95. The van der Waals surface area contributed by atoms with Crippen molar-refractivity contribution in [2.24, 2.45) is 0 Å². The molecule has 1 saturated heterocycles. The zero-order valence-electron chi connectivity index (χ0n) is 12.4. The molecule has 1 amide bonds. The molecule has 1 aliphatic heterocycles. The predicted octanol–water partition coefficient (Wildman–Crippen LogP) is 1.38. The van der Waals surface area contributed by atoms with Gasteiger partial charge >= 0.3 is 5.69 Å². The summed E-state index contributed by atoms with van der Waals surface area (Å²) in [5.41, 5.74) is 0.273. The summed E-state index contributed by atoms with van der Waals surface area (Å²) in [5.74, 6) is -0.0174. The summed E-state index contributed by atoms with van der Waals surface area (Å²) < 4.78 is 5.00. The summed E-state index contributed by atoms with van der Waals surface area (Å²) in [7, 11) is 3.38. The lowest BCUT2D eigenvalue weighted by atomic mass is 10.1. The maximum Gasteiger partial charge on any atom is 0.310 e. The lowest BCUT2D eigenvalue weighted by Crippen LogP contribution is -2.52. The predicted molar refractivity (Wildman–Crippen MR) is 77.6 cm³/mol. The zero-order chi connectivity index (χ0) is 15.6. The maximum atomic E-state index is 12.5. The van der Waals surface area contributed by atoms with Gasteiger partial charge in [-0.3, -0.25) is 14.9 Å². The van der Waals surface area contributed by atoms with Gasteiger partial charge in [0, 0.05) is 43.4 Å². The van der Waals surface area contributed by atoms with Gasteiger partial charge in [0.2, 0.25) is 0 Å². The molecule has 7 nitrogen and oxygen atoms in total. The number of nitro groups is 1. The van der Waals surface area contributed by atoms with Crippen LogP contribution in [0.2, 0.25) is 0 Å². The zero-order valence-corrected chi connectivity index (χ0v) is 12.4. The van der Waals surface area contributed by atoms with Crippen LogP contribution in [0, 0.1) is 10.1 Å². The van der Waals surface area contributed by atoms with E-state index < -0.39 is 4.92 Å². The van der Waals surface area contributed by atoms with Crippen LogP contribution in [-0.2, 0) is 0 Å². The highest BCUT2D eigenvalue weighted by Crippen LogP contribution is 2.28. The molecule has 0 N–H and O–H groups in total. The van der Waals surface area contributed by atoms with Crippen LogP contribution < -0.4 is 4.74 Å². The summed E-state index contributed by atoms with van der Waals surface area (Å²) in [6, 6.07) is 4.52. The topological polar surface area (TPSA) is 75.9 Å². The maximum absolute atomic E-state index is 12.5. The minimum atomic E-state index is -0.523. The first kappa shape index (κ1) is 15.2. The molecule has 1 aliphatic rings. The van der Waals surface area contributed by atoms with Gasteiger partial charge in [-0.25, -0.2) is 0 Å². The minimum absolute atomic E-state index is 0.105. The number of carbonyl (C=O) groups excluding carboxylic acids is 1. The molecule has 0 bridgehead atoms. The number of ether oxygens (including phenoxy) is 1. The van der Waals surface area contributed by atoms with Gasteiger partial charge in [0.15, 0.2) is 5.75 Å². The molecule has 2 rings (SSSR count). The van der Waals surface area contributed by atoms with E-state index in [1.165, 1.54) is 25.3 Å². The normalized spacial score (nSPS) is 19.4. The first-order valence-electron chi connectivity index (χ1n) is 6.76. The second-order valence-electron chi connectivity index (χ2n) is 5.22. The molecule has 1 fully saturated rings. The summed E-state index contributed by atoms with van der Waals surface area (Å²) >= 11 is 0. The monoisotopic (exact) mass is 293 g/mol. The molecule has 1 atom stereocenters. The highest BCUT2D eigenvalue weighted by Gasteiger charge is 2.26. The van der Waals surface area contributed by atoms with E-state index in [1.807, 2.05) is 7.05 Å². The van der Waals surface area contributed by atoms with Gasteiger partial charge < -0.3 is 14.5 Å². The molecule has 0 aromatic heterocycles. The Kier molecular flexibility index (Phi) is 4.42. The van der Waals surface area contributed by atoms with Crippen molar-refractivity contribution in [3.63, 3.8) is 0 Å². The van der Waals surface area contributed by atoms with E-state index in [2.05, 4.69) is 11.8 Å². The molecule has 0 radical (unpaired) electrons. The van der Waals surface area contributed by atoms with Crippen LogP contribution in [0.5, 0.6) is 5.75 Å². The highest BCUT2D eigenvalue weighted by atomic mass is 16.6. The van der Waals surface area contributed by atoms with Crippen molar-refractivity contribution in [3.8, 4) is 5.75 Å². The van der Waals surface area contributed by atoms with Crippen LogP contribution in [0.15, 0.2) is 18.2 Å². The van der Waals surface area contributed by atoms with Gasteiger partial charge in [0.25, 0.3) is 5.91 Å². The summed E-state index contributed by atoms with van der Waals surface area (Å²) in [4.78, 5) is 26.8. The van der Waals surface area contributed by atoms with Crippen molar-refractivity contribution in [1.82, 2.24) is 9.80 Å². The van der Waals surface area contributed by atoms with E-state index in [0.29, 0.717) is 24.7 Å². The first-order valence-corrected chi connectivity index (χ1v) is 6.76. The van der Waals surface area contributed by atoms with E-state index >= 15 is 0 Å². The number of likely N-dealkylation sites (N-methyl/N-ethyl adjacent to an activating group) is 1. The molecule has 114 valence electrons.